The molecule has 0 amide bonds. The molecule has 0 saturated carbocycles. The number of hydrogen-bond donors (Lipinski definition) is 1. The van der Waals surface area contributed by atoms with E-state index in [1.165, 1.54) is 16.9 Å². The lowest BCUT2D eigenvalue weighted by molar-refractivity contribution is -0.384. The fourth-order valence-corrected chi connectivity index (χ4v) is 3.12. The Morgan fingerprint density at radius 2 is 2.08 bits per heavy atom. The van der Waals surface area contributed by atoms with Gasteiger partial charge in [-0.3, -0.25) is 10.1 Å². The second-order valence-electron chi connectivity index (χ2n) is 5.90. The minimum atomic E-state index is -0.473. The average molecular weight is 342 g/mol. The normalized spacial score (nSPS) is 17.3. The zero-order chi connectivity index (χ0) is 17.8. The lowest BCUT2D eigenvalue weighted by atomic mass is 9.99. The number of anilines is 1. The molecule has 25 heavy (non-hydrogen) atoms. The van der Waals surface area contributed by atoms with E-state index < -0.39 is 4.92 Å². The van der Waals surface area contributed by atoms with Gasteiger partial charge in [-0.1, -0.05) is 0 Å². The number of nitro benzene ring substituents is 1. The van der Waals surface area contributed by atoms with Gasteiger partial charge in [0.25, 0.3) is 5.69 Å². The van der Waals surface area contributed by atoms with Crippen molar-refractivity contribution < 1.29 is 10.0 Å². The van der Waals surface area contributed by atoms with Gasteiger partial charge in [0.15, 0.2) is 5.82 Å². The van der Waals surface area contributed by atoms with E-state index in [0.29, 0.717) is 17.9 Å². The van der Waals surface area contributed by atoms with Crippen molar-refractivity contribution in [2.75, 3.05) is 18.1 Å². The molecule has 2 aromatic rings. The summed E-state index contributed by atoms with van der Waals surface area (Å²) in [4.78, 5) is 13.6. The summed E-state index contributed by atoms with van der Waals surface area (Å²) in [6.45, 7) is 0.845. The first-order valence-corrected chi connectivity index (χ1v) is 8.14. The average Bonchev–Trinajstić information content (AvgIpc) is 3.07. The zero-order valence-corrected chi connectivity index (χ0v) is 13.6. The Hall–Kier alpha value is -2.99. The number of aromatic nitrogens is 3. The summed E-state index contributed by atoms with van der Waals surface area (Å²) < 4.78 is 0. The molecular weight excluding hydrogens is 324 g/mol. The van der Waals surface area contributed by atoms with Gasteiger partial charge >= 0.3 is 0 Å². The Morgan fingerprint density at radius 1 is 1.32 bits per heavy atom. The third-order valence-electron chi connectivity index (χ3n) is 4.35. The maximum absolute atomic E-state index is 10.8. The molecule has 1 atom stereocenters. The minimum Gasteiger partial charge on any atom is -0.396 e. The van der Waals surface area contributed by atoms with Crippen molar-refractivity contribution in [2.24, 2.45) is 0 Å². The smallest absolute Gasteiger partial charge is 0.269 e. The fraction of sp³-hybridized carbons (Fsp3) is 0.438. The van der Waals surface area contributed by atoms with Crippen molar-refractivity contribution in [3.8, 4) is 11.8 Å². The number of rotatable bonds is 5. The molecule has 0 aliphatic carbocycles. The van der Waals surface area contributed by atoms with Crippen LogP contribution in [0.1, 0.15) is 31.4 Å². The third-order valence-corrected chi connectivity index (χ3v) is 4.35. The molecule has 9 heteroatoms. The summed E-state index contributed by atoms with van der Waals surface area (Å²) >= 11 is 0. The van der Waals surface area contributed by atoms with Crippen LogP contribution in [-0.4, -0.2) is 44.2 Å². The third kappa shape index (κ3) is 3.44. The van der Waals surface area contributed by atoms with Gasteiger partial charge in [0.05, 0.1) is 10.6 Å². The highest BCUT2D eigenvalue weighted by molar-refractivity contribution is 5.52. The van der Waals surface area contributed by atoms with Gasteiger partial charge < -0.3 is 10.0 Å². The molecule has 3 rings (SSSR count). The first kappa shape index (κ1) is 16.9. The monoisotopic (exact) mass is 342 g/mol. The lowest BCUT2D eigenvalue weighted by Crippen LogP contribution is -2.40. The van der Waals surface area contributed by atoms with Crippen molar-refractivity contribution in [1.29, 1.82) is 5.26 Å². The van der Waals surface area contributed by atoms with Crippen LogP contribution in [0.4, 0.5) is 11.5 Å². The Bertz CT molecular complexity index is 793. The Labute approximate surface area is 144 Å². The highest BCUT2D eigenvalue weighted by Crippen LogP contribution is 2.27. The molecule has 0 radical (unpaired) electrons. The van der Waals surface area contributed by atoms with E-state index in [4.69, 9.17) is 0 Å². The second-order valence-corrected chi connectivity index (χ2v) is 5.90. The van der Waals surface area contributed by atoms with Crippen LogP contribution >= 0.6 is 0 Å². The summed E-state index contributed by atoms with van der Waals surface area (Å²) in [5, 5.41) is 38.1. The number of piperidine rings is 1. The first-order valence-electron chi connectivity index (χ1n) is 8.14. The van der Waals surface area contributed by atoms with Crippen molar-refractivity contribution in [1.82, 2.24) is 15.0 Å². The molecule has 1 N–H and O–H groups in total. The molecule has 1 saturated heterocycles. The predicted octanol–water partition coefficient (Wildman–Crippen LogP) is 1.79. The van der Waals surface area contributed by atoms with Gasteiger partial charge in [0.2, 0.25) is 5.69 Å². The van der Waals surface area contributed by atoms with Gasteiger partial charge in [-0.25, -0.2) is 0 Å². The van der Waals surface area contributed by atoms with Crippen LogP contribution in [0.25, 0.3) is 5.69 Å². The van der Waals surface area contributed by atoms with E-state index in [2.05, 4.69) is 16.3 Å². The maximum Gasteiger partial charge on any atom is 0.269 e. The van der Waals surface area contributed by atoms with Gasteiger partial charge in [-0.15, -0.1) is 15.0 Å². The summed E-state index contributed by atoms with van der Waals surface area (Å²) in [5.74, 6) is 0.499. The Morgan fingerprint density at radius 3 is 2.72 bits per heavy atom. The van der Waals surface area contributed by atoms with E-state index in [-0.39, 0.29) is 24.0 Å². The zero-order valence-electron chi connectivity index (χ0n) is 13.6. The molecule has 0 bridgehead atoms. The summed E-state index contributed by atoms with van der Waals surface area (Å²) in [7, 11) is 0. The van der Waals surface area contributed by atoms with Gasteiger partial charge in [0.1, 0.15) is 6.07 Å². The van der Waals surface area contributed by atoms with Gasteiger partial charge in [0, 0.05) is 31.3 Å². The highest BCUT2D eigenvalue weighted by atomic mass is 16.6. The first-order chi connectivity index (χ1) is 12.1. The fourth-order valence-electron chi connectivity index (χ4n) is 3.12. The number of hydrogen-bond acceptors (Lipinski definition) is 7. The number of nitrogens with zero attached hydrogens (tertiary/aromatic N) is 6. The number of non-ortho nitro benzene ring substituents is 1. The van der Waals surface area contributed by atoms with Crippen LogP contribution in [0.15, 0.2) is 24.3 Å². The number of aliphatic hydroxyl groups is 1. The predicted molar refractivity (Wildman–Crippen MR) is 89.4 cm³/mol. The molecule has 9 nitrogen and oxygen atoms in total. The minimum absolute atomic E-state index is 0.0179. The molecule has 1 aromatic carbocycles. The SMILES string of the molecule is N#Cc1nn(-c2ccc([N+](=O)[O-])cc2)nc1N1CCCCC1CCO. The molecule has 1 aromatic heterocycles. The Balaban J connectivity index is 1.93. The van der Waals surface area contributed by atoms with Crippen LogP contribution in [0, 0.1) is 21.4 Å². The second kappa shape index (κ2) is 7.27. The molecule has 1 aliphatic rings. The molecule has 130 valence electrons. The molecule has 2 heterocycles. The lowest BCUT2D eigenvalue weighted by Gasteiger charge is -2.35. The number of nitro groups is 1. The highest BCUT2D eigenvalue weighted by Gasteiger charge is 2.27. The van der Waals surface area contributed by atoms with Crippen molar-refractivity contribution in [3.05, 3.63) is 40.1 Å². The van der Waals surface area contributed by atoms with Gasteiger partial charge in [-0.2, -0.15) is 5.26 Å². The maximum atomic E-state index is 10.8. The Kier molecular flexibility index (Phi) is 4.90. The van der Waals surface area contributed by atoms with Crippen LogP contribution < -0.4 is 4.90 Å². The summed E-state index contributed by atoms with van der Waals surface area (Å²) in [6.07, 6.45) is 3.64. The number of nitriles is 1. The number of benzene rings is 1. The van der Waals surface area contributed by atoms with Crippen LogP contribution in [0.2, 0.25) is 0 Å². The summed E-state index contributed by atoms with van der Waals surface area (Å²) in [6, 6.07) is 8.04. The van der Waals surface area contributed by atoms with E-state index in [9.17, 15) is 20.5 Å². The quantitative estimate of drug-likeness (QED) is 0.649. The van der Waals surface area contributed by atoms with Crippen LogP contribution in [0.3, 0.4) is 0 Å². The number of aliphatic hydroxyl groups excluding tert-OH is 1. The van der Waals surface area contributed by atoms with E-state index in [0.717, 1.165) is 25.8 Å². The van der Waals surface area contributed by atoms with Gasteiger partial charge in [-0.05, 0) is 37.8 Å². The molecule has 1 aliphatic heterocycles. The van der Waals surface area contributed by atoms with E-state index >= 15 is 0 Å². The van der Waals surface area contributed by atoms with Crippen molar-refractivity contribution >= 4 is 11.5 Å². The standard InChI is InChI=1S/C16H18N6O3/c17-11-15-16(20-9-2-1-3-12(20)8-10-23)19-21(18-15)13-4-6-14(7-5-13)22(24)25/h4-7,12,23H,1-3,8-10H2. The van der Waals surface area contributed by atoms with Crippen molar-refractivity contribution in [2.45, 2.75) is 31.7 Å². The van der Waals surface area contributed by atoms with Crippen LogP contribution in [-0.2, 0) is 0 Å². The molecule has 1 fully saturated rings. The van der Waals surface area contributed by atoms with E-state index in [1.807, 2.05) is 4.90 Å². The van der Waals surface area contributed by atoms with Crippen LogP contribution in [0.5, 0.6) is 0 Å². The summed E-state index contributed by atoms with van der Waals surface area (Å²) in [5.41, 5.74) is 0.739. The molecular formula is C16H18N6O3. The molecule has 0 spiro atoms. The van der Waals surface area contributed by atoms with Crippen molar-refractivity contribution in [3.63, 3.8) is 0 Å². The molecule has 1 unspecified atom stereocenters. The van der Waals surface area contributed by atoms with E-state index in [1.54, 1.807) is 12.1 Å². The topological polar surface area (TPSA) is 121 Å². The largest absolute Gasteiger partial charge is 0.396 e.